The maximum atomic E-state index is 14.2. The monoisotopic (exact) mass is 527 g/mol. The number of fused-ring (bicyclic) bond motifs is 4. The molecule has 0 bridgehead atoms. The van der Waals surface area contributed by atoms with Crippen LogP contribution in [0.2, 0.25) is 0 Å². The molecule has 4 rings (SSSR count). The molecule has 1 aliphatic carbocycles. The van der Waals surface area contributed by atoms with Crippen LogP contribution in [0.1, 0.15) is 44.7 Å². The summed E-state index contributed by atoms with van der Waals surface area (Å²) in [5, 5.41) is 0.658. The molecule has 1 spiro atoms. The number of thioether (sulfide) groups is 1. The van der Waals surface area contributed by atoms with E-state index in [9.17, 15) is 9.59 Å². The van der Waals surface area contributed by atoms with E-state index in [-0.39, 0.29) is 11.7 Å². The first-order chi connectivity index (χ1) is 17.6. The summed E-state index contributed by atoms with van der Waals surface area (Å²) < 4.78 is 18.1. The van der Waals surface area contributed by atoms with Gasteiger partial charge in [0.2, 0.25) is 0 Å². The third kappa shape index (κ3) is 5.57. The Morgan fingerprint density at radius 2 is 1.97 bits per heavy atom. The summed E-state index contributed by atoms with van der Waals surface area (Å²) in [6.07, 6.45) is 3.41. The summed E-state index contributed by atoms with van der Waals surface area (Å²) in [5.74, 6) is 1.46. The van der Waals surface area contributed by atoms with E-state index in [1.54, 1.807) is 29.8 Å². The Morgan fingerprint density at radius 1 is 1.24 bits per heavy atom. The lowest BCUT2D eigenvalue weighted by atomic mass is 9.64. The minimum Gasteiger partial charge on any atom is -0.497 e. The number of nitrogens with zero attached hydrogens (tertiary/aromatic N) is 3. The Balaban J connectivity index is 1.80. The zero-order valence-electron chi connectivity index (χ0n) is 22.5. The van der Waals surface area contributed by atoms with Crippen LogP contribution in [0.3, 0.4) is 0 Å². The van der Waals surface area contributed by atoms with Crippen LogP contribution in [-0.4, -0.2) is 65.8 Å². The summed E-state index contributed by atoms with van der Waals surface area (Å²) in [6, 6.07) is 5.97. The summed E-state index contributed by atoms with van der Waals surface area (Å²) in [7, 11) is 3.32. The van der Waals surface area contributed by atoms with Crippen LogP contribution in [-0.2, 0) is 27.9 Å². The molecule has 9 heteroatoms. The van der Waals surface area contributed by atoms with Crippen molar-refractivity contribution < 1.29 is 19.0 Å². The molecule has 0 N–H and O–H groups in total. The standard InChI is InChI=1S/C28H37N3O5S/c1-7-12-31-24(32)22-23(29-25(31)37-16-15-34-5)21-9-8-20(35-6)17-19(21)18-28(22)10-13-30(14-11-28)26(33)36-27(2,3)4/h7-9,17H,1,10-16,18H2,2-6H3. The van der Waals surface area contributed by atoms with Gasteiger partial charge in [0.05, 0.1) is 25.0 Å². The molecule has 2 aliphatic rings. The van der Waals surface area contributed by atoms with Crippen molar-refractivity contribution in [2.24, 2.45) is 0 Å². The summed E-state index contributed by atoms with van der Waals surface area (Å²) in [5.41, 5.74) is 2.53. The molecule has 0 unspecified atom stereocenters. The zero-order valence-corrected chi connectivity index (χ0v) is 23.3. The highest BCUT2D eigenvalue weighted by Crippen LogP contribution is 2.47. The van der Waals surface area contributed by atoms with Crippen molar-refractivity contribution in [2.75, 3.05) is 39.7 Å². The van der Waals surface area contributed by atoms with Gasteiger partial charge in [0.15, 0.2) is 5.16 Å². The number of allylic oxidation sites excluding steroid dienone is 1. The molecule has 1 amide bonds. The molecule has 1 aromatic heterocycles. The van der Waals surface area contributed by atoms with Gasteiger partial charge in [-0.1, -0.05) is 17.8 Å². The van der Waals surface area contributed by atoms with E-state index in [1.807, 2.05) is 32.9 Å². The predicted molar refractivity (Wildman–Crippen MR) is 146 cm³/mol. The van der Waals surface area contributed by atoms with Crippen LogP contribution in [0.15, 0.2) is 40.8 Å². The highest BCUT2D eigenvalue weighted by atomic mass is 32.2. The van der Waals surface area contributed by atoms with Crippen molar-refractivity contribution in [3.8, 4) is 17.0 Å². The molecule has 8 nitrogen and oxygen atoms in total. The number of rotatable bonds is 7. The number of benzene rings is 1. The minimum absolute atomic E-state index is 0.0306. The molecule has 200 valence electrons. The molecule has 37 heavy (non-hydrogen) atoms. The van der Waals surface area contributed by atoms with Crippen LogP contribution in [0.25, 0.3) is 11.3 Å². The van der Waals surface area contributed by atoms with Crippen LogP contribution < -0.4 is 10.3 Å². The fraction of sp³-hybridized carbons (Fsp3) is 0.536. The normalized spacial score (nSPS) is 16.2. The first-order valence-electron chi connectivity index (χ1n) is 12.7. The molecule has 0 saturated carbocycles. The smallest absolute Gasteiger partial charge is 0.410 e. The van der Waals surface area contributed by atoms with Gasteiger partial charge >= 0.3 is 6.09 Å². The van der Waals surface area contributed by atoms with Crippen molar-refractivity contribution in [1.82, 2.24) is 14.5 Å². The Kier molecular flexibility index (Phi) is 8.04. The maximum Gasteiger partial charge on any atom is 0.410 e. The molecule has 0 atom stereocenters. The van der Waals surface area contributed by atoms with Crippen molar-refractivity contribution in [3.05, 3.63) is 52.3 Å². The predicted octanol–water partition coefficient (Wildman–Crippen LogP) is 4.67. The Morgan fingerprint density at radius 3 is 2.59 bits per heavy atom. The van der Waals surface area contributed by atoms with Gasteiger partial charge in [-0.05, 0) is 63.8 Å². The fourth-order valence-electron chi connectivity index (χ4n) is 5.22. The molecule has 1 aromatic carbocycles. The molecule has 2 heterocycles. The average molecular weight is 528 g/mol. The maximum absolute atomic E-state index is 14.2. The molecule has 1 fully saturated rings. The van der Waals surface area contributed by atoms with Crippen molar-refractivity contribution in [2.45, 2.75) is 62.8 Å². The lowest BCUT2D eigenvalue weighted by Crippen LogP contribution is -2.51. The van der Waals surface area contributed by atoms with Gasteiger partial charge in [0.1, 0.15) is 11.4 Å². The molecule has 2 aromatic rings. The van der Waals surface area contributed by atoms with Gasteiger partial charge in [-0.15, -0.1) is 6.58 Å². The number of hydrogen-bond acceptors (Lipinski definition) is 7. The summed E-state index contributed by atoms with van der Waals surface area (Å²) in [4.78, 5) is 33.8. The number of methoxy groups -OCH3 is 2. The number of hydrogen-bond donors (Lipinski definition) is 0. The largest absolute Gasteiger partial charge is 0.497 e. The Hall–Kier alpha value is -2.78. The number of piperidine rings is 1. The minimum atomic E-state index is -0.557. The van der Waals surface area contributed by atoms with Crippen LogP contribution >= 0.6 is 11.8 Å². The molecular formula is C28H37N3O5S. The number of ether oxygens (including phenoxy) is 3. The highest BCUT2D eigenvalue weighted by Gasteiger charge is 2.46. The van der Waals surface area contributed by atoms with Gasteiger partial charge in [-0.2, -0.15) is 0 Å². The van der Waals surface area contributed by atoms with Crippen LogP contribution in [0, 0.1) is 0 Å². The van der Waals surface area contributed by atoms with Gasteiger partial charge < -0.3 is 19.1 Å². The lowest BCUT2D eigenvalue weighted by Gasteiger charge is -2.45. The second kappa shape index (κ2) is 10.9. The molecule has 1 saturated heterocycles. The summed E-state index contributed by atoms with van der Waals surface area (Å²) >= 11 is 1.51. The number of carbonyl (C=O) groups excluding carboxylic acids is 1. The average Bonchev–Trinajstić information content (AvgIpc) is 2.85. The Labute approximate surface area is 223 Å². The topological polar surface area (TPSA) is 82.9 Å². The van der Waals surface area contributed by atoms with Gasteiger partial charge in [0, 0.05) is 43.5 Å². The number of amides is 1. The van der Waals surface area contributed by atoms with Gasteiger partial charge in [-0.25, -0.2) is 9.78 Å². The third-order valence-corrected chi connectivity index (χ3v) is 7.90. The van der Waals surface area contributed by atoms with Crippen molar-refractivity contribution in [1.29, 1.82) is 0 Å². The Bertz CT molecular complexity index is 1230. The van der Waals surface area contributed by atoms with Gasteiger partial charge in [0.25, 0.3) is 5.56 Å². The summed E-state index contributed by atoms with van der Waals surface area (Å²) in [6.45, 7) is 11.4. The van der Waals surface area contributed by atoms with Crippen LogP contribution in [0.4, 0.5) is 4.79 Å². The molecule has 1 aliphatic heterocycles. The number of carbonyl (C=O) groups is 1. The van der Waals surface area contributed by atoms with E-state index in [2.05, 4.69) is 12.6 Å². The SMILES string of the molecule is C=CCn1c(SCCOC)nc2c(c1=O)C1(CCN(C(=O)OC(C)(C)C)CC1)Cc1cc(OC)ccc1-2. The van der Waals surface area contributed by atoms with Gasteiger partial charge in [-0.3, -0.25) is 9.36 Å². The van der Waals surface area contributed by atoms with E-state index >= 15 is 0 Å². The third-order valence-electron chi connectivity index (χ3n) is 6.96. The lowest BCUT2D eigenvalue weighted by molar-refractivity contribution is 0.0161. The molecular weight excluding hydrogens is 490 g/mol. The first-order valence-corrected chi connectivity index (χ1v) is 13.6. The zero-order chi connectivity index (χ0) is 26.8. The first kappa shape index (κ1) is 27.3. The van der Waals surface area contributed by atoms with Crippen molar-refractivity contribution >= 4 is 17.9 Å². The van der Waals surface area contributed by atoms with E-state index in [0.29, 0.717) is 56.4 Å². The molecule has 0 radical (unpaired) electrons. The van der Waals surface area contributed by atoms with Crippen LogP contribution in [0.5, 0.6) is 5.75 Å². The van der Waals surface area contributed by atoms with E-state index in [0.717, 1.165) is 28.1 Å². The second-order valence-corrected chi connectivity index (χ2v) is 11.7. The quantitative estimate of drug-likeness (QED) is 0.224. The number of aromatic nitrogens is 2. The number of likely N-dealkylation sites (tertiary alicyclic amines) is 1. The fourth-order valence-corrected chi connectivity index (χ4v) is 6.12. The van der Waals surface area contributed by atoms with Crippen molar-refractivity contribution in [3.63, 3.8) is 0 Å². The van der Waals surface area contributed by atoms with E-state index in [4.69, 9.17) is 19.2 Å². The van der Waals surface area contributed by atoms with E-state index < -0.39 is 11.0 Å². The second-order valence-electron chi connectivity index (χ2n) is 10.6. The highest BCUT2D eigenvalue weighted by molar-refractivity contribution is 7.99. The van der Waals surface area contributed by atoms with E-state index in [1.165, 1.54) is 11.8 Å².